The molecule has 0 saturated carbocycles. The minimum absolute atomic E-state index is 0.142. The highest BCUT2D eigenvalue weighted by molar-refractivity contribution is 5.81. The van der Waals surface area contributed by atoms with Gasteiger partial charge >= 0.3 is 0 Å². The normalized spacial score (nSPS) is 11.0. The van der Waals surface area contributed by atoms with Gasteiger partial charge in [-0.05, 0) is 19.1 Å². The Kier molecular flexibility index (Phi) is 2.26. The molecule has 3 rings (SSSR count). The lowest BCUT2D eigenvalue weighted by molar-refractivity contribution is 0.700. The maximum atomic E-state index is 12.2. The van der Waals surface area contributed by atoms with E-state index >= 15 is 0 Å². The Morgan fingerprint density at radius 1 is 1.17 bits per heavy atom. The first kappa shape index (κ1) is 10.7. The summed E-state index contributed by atoms with van der Waals surface area (Å²) in [6.45, 7) is 1.87. The zero-order valence-electron chi connectivity index (χ0n) is 10.2. The zero-order valence-corrected chi connectivity index (χ0v) is 10.2. The van der Waals surface area contributed by atoms with E-state index in [9.17, 15) is 4.79 Å². The average Bonchev–Trinajstić information content (AvgIpc) is 2.82. The highest BCUT2D eigenvalue weighted by Crippen LogP contribution is 2.16. The predicted molar refractivity (Wildman–Crippen MR) is 68.8 cm³/mol. The third-order valence-corrected chi connectivity index (χ3v) is 2.96. The summed E-state index contributed by atoms with van der Waals surface area (Å²) in [4.78, 5) is 12.2. The molecule has 0 N–H and O–H groups in total. The Labute approximate surface area is 103 Å². The molecule has 0 bridgehead atoms. The van der Waals surface area contributed by atoms with Gasteiger partial charge in [-0.1, -0.05) is 18.2 Å². The van der Waals surface area contributed by atoms with E-state index in [2.05, 4.69) is 10.2 Å². The number of hydrogen-bond acceptors (Lipinski definition) is 3. The number of aromatic nitrogens is 4. The predicted octanol–water partition coefficient (Wildman–Crippen LogP) is 1.43. The standard InChI is InChI=1S/C13H12N4O/c1-9-11-8-14-17(10-6-4-3-5-7-10)12(11)13(18)16(2)15-9/h3-8H,1-2H3. The Balaban J connectivity index is 2.43. The molecule has 18 heavy (non-hydrogen) atoms. The van der Waals surface area contributed by atoms with Crippen LogP contribution in [-0.2, 0) is 7.05 Å². The maximum absolute atomic E-state index is 12.2. The third-order valence-electron chi connectivity index (χ3n) is 2.96. The molecule has 0 fully saturated rings. The summed E-state index contributed by atoms with van der Waals surface area (Å²) < 4.78 is 3.01. The second-order valence-corrected chi connectivity index (χ2v) is 4.17. The number of hydrogen-bond donors (Lipinski definition) is 0. The Bertz CT molecular complexity index is 771. The molecule has 2 heterocycles. The molecule has 2 aromatic heterocycles. The maximum Gasteiger partial charge on any atom is 0.293 e. The minimum Gasteiger partial charge on any atom is -0.265 e. The van der Waals surface area contributed by atoms with Crippen LogP contribution in [0.15, 0.2) is 41.3 Å². The monoisotopic (exact) mass is 240 g/mol. The summed E-state index contributed by atoms with van der Waals surface area (Å²) in [6.07, 6.45) is 1.69. The fraction of sp³-hybridized carbons (Fsp3) is 0.154. The molecule has 0 saturated heterocycles. The Morgan fingerprint density at radius 2 is 1.89 bits per heavy atom. The van der Waals surface area contributed by atoms with Crippen molar-refractivity contribution in [1.82, 2.24) is 19.6 Å². The zero-order chi connectivity index (χ0) is 12.7. The van der Waals surface area contributed by atoms with Crippen molar-refractivity contribution >= 4 is 10.9 Å². The van der Waals surface area contributed by atoms with Crippen molar-refractivity contribution in [3.05, 3.63) is 52.6 Å². The summed E-state index contributed by atoms with van der Waals surface area (Å²) in [5.74, 6) is 0. The van der Waals surface area contributed by atoms with Gasteiger partial charge in [0.05, 0.1) is 17.6 Å². The van der Waals surface area contributed by atoms with E-state index < -0.39 is 0 Å². The summed E-state index contributed by atoms with van der Waals surface area (Å²) >= 11 is 0. The average molecular weight is 240 g/mol. The molecule has 0 spiro atoms. The van der Waals surface area contributed by atoms with E-state index in [0.717, 1.165) is 16.8 Å². The lowest BCUT2D eigenvalue weighted by Gasteiger charge is -2.04. The van der Waals surface area contributed by atoms with Crippen molar-refractivity contribution in [3.8, 4) is 5.69 Å². The van der Waals surface area contributed by atoms with Crippen molar-refractivity contribution in [3.63, 3.8) is 0 Å². The van der Waals surface area contributed by atoms with Gasteiger partial charge in [-0.2, -0.15) is 10.2 Å². The number of aryl methyl sites for hydroxylation is 2. The summed E-state index contributed by atoms with van der Waals surface area (Å²) in [7, 11) is 1.65. The molecular formula is C13H12N4O. The lowest BCUT2D eigenvalue weighted by atomic mass is 10.2. The summed E-state index contributed by atoms with van der Waals surface area (Å²) in [5, 5.41) is 9.24. The first-order valence-electron chi connectivity index (χ1n) is 5.65. The van der Waals surface area contributed by atoms with Crippen molar-refractivity contribution in [2.75, 3.05) is 0 Å². The van der Waals surface area contributed by atoms with Crippen molar-refractivity contribution in [1.29, 1.82) is 0 Å². The molecule has 5 heteroatoms. The lowest BCUT2D eigenvalue weighted by Crippen LogP contribution is -2.22. The van der Waals surface area contributed by atoms with Crippen LogP contribution in [0.1, 0.15) is 5.69 Å². The second-order valence-electron chi connectivity index (χ2n) is 4.17. The van der Waals surface area contributed by atoms with Crippen molar-refractivity contribution in [2.24, 2.45) is 7.05 Å². The third kappa shape index (κ3) is 1.44. The number of rotatable bonds is 1. The van der Waals surface area contributed by atoms with Crippen LogP contribution in [-0.4, -0.2) is 19.6 Å². The number of fused-ring (bicyclic) bond motifs is 1. The van der Waals surface area contributed by atoms with E-state index in [1.54, 1.807) is 17.9 Å². The smallest absolute Gasteiger partial charge is 0.265 e. The van der Waals surface area contributed by atoms with E-state index in [0.29, 0.717) is 5.52 Å². The van der Waals surface area contributed by atoms with Gasteiger partial charge in [-0.3, -0.25) is 4.79 Å². The Hall–Kier alpha value is -2.43. The minimum atomic E-state index is -0.142. The molecule has 0 radical (unpaired) electrons. The van der Waals surface area contributed by atoms with Gasteiger partial charge in [0, 0.05) is 12.4 Å². The first-order chi connectivity index (χ1) is 8.68. The van der Waals surface area contributed by atoms with Crippen LogP contribution >= 0.6 is 0 Å². The summed E-state index contributed by atoms with van der Waals surface area (Å²) in [5.41, 5.74) is 2.10. The number of benzene rings is 1. The van der Waals surface area contributed by atoms with Crippen LogP contribution in [0.3, 0.4) is 0 Å². The van der Waals surface area contributed by atoms with Gasteiger partial charge in [-0.25, -0.2) is 9.36 Å². The fourth-order valence-electron chi connectivity index (χ4n) is 2.06. The molecule has 5 nitrogen and oxygen atoms in total. The highest BCUT2D eigenvalue weighted by atomic mass is 16.1. The SMILES string of the molecule is Cc1nn(C)c(=O)c2c1cnn2-c1ccccc1. The molecule has 90 valence electrons. The van der Waals surface area contributed by atoms with Gasteiger partial charge in [0.15, 0.2) is 0 Å². The molecule has 0 atom stereocenters. The van der Waals surface area contributed by atoms with E-state index in [4.69, 9.17) is 0 Å². The van der Waals surface area contributed by atoms with Crippen LogP contribution < -0.4 is 5.56 Å². The van der Waals surface area contributed by atoms with Gasteiger partial charge in [-0.15, -0.1) is 0 Å². The molecule has 3 aromatic rings. The second kappa shape index (κ2) is 3.80. The molecule has 0 aliphatic rings. The molecule has 0 unspecified atom stereocenters. The van der Waals surface area contributed by atoms with E-state index in [1.807, 2.05) is 37.3 Å². The largest absolute Gasteiger partial charge is 0.293 e. The van der Waals surface area contributed by atoms with Crippen LogP contribution in [0.5, 0.6) is 0 Å². The van der Waals surface area contributed by atoms with Gasteiger partial charge < -0.3 is 0 Å². The van der Waals surface area contributed by atoms with Crippen molar-refractivity contribution in [2.45, 2.75) is 6.92 Å². The Morgan fingerprint density at radius 3 is 2.61 bits per heavy atom. The van der Waals surface area contributed by atoms with Crippen LogP contribution in [0.25, 0.3) is 16.6 Å². The van der Waals surface area contributed by atoms with E-state index in [-0.39, 0.29) is 5.56 Å². The van der Waals surface area contributed by atoms with Gasteiger partial charge in [0.2, 0.25) is 0 Å². The van der Waals surface area contributed by atoms with Gasteiger partial charge in [0.1, 0.15) is 5.52 Å². The molecule has 0 aliphatic carbocycles. The van der Waals surface area contributed by atoms with Crippen LogP contribution in [0, 0.1) is 6.92 Å². The van der Waals surface area contributed by atoms with E-state index in [1.165, 1.54) is 4.68 Å². The quantitative estimate of drug-likeness (QED) is 0.646. The van der Waals surface area contributed by atoms with Crippen LogP contribution in [0.4, 0.5) is 0 Å². The number of nitrogens with zero attached hydrogens (tertiary/aromatic N) is 4. The fourth-order valence-corrected chi connectivity index (χ4v) is 2.06. The molecule has 0 amide bonds. The molecule has 0 aliphatic heterocycles. The first-order valence-corrected chi connectivity index (χ1v) is 5.65. The van der Waals surface area contributed by atoms with Crippen molar-refractivity contribution < 1.29 is 0 Å². The molecular weight excluding hydrogens is 228 g/mol. The molecule has 1 aromatic carbocycles. The number of para-hydroxylation sites is 1. The summed E-state index contributed by atoms with van der Waals surface area (Å²) in [6, 6.07) is 9.60. The highest BCUT2D eigenvalue weighted by Gasteiger charge is 2.12. The van der Waals surface area contributed by atoms with Gasteiger partial charge in [0.25, 0.3) is 5.56 Å². The topological polar surface area (TPSA) is 52.7 Å². The van der Waals surface area contributed by atoms with Crippen LogP contribution in [0.2, 0.25) is 0 Å².